The molecule has 0 spiro atoms. The van der Waals surface area contributed by atoms with Gasteiger partial charge in [-0.2, -0.15) is 0 Å². The number of benzene rings is 1. The molecule has 3 heterocycles. The molecule has 1 fully saturated rings. The highest BCUT2D eigenvalue weighted by molar-refractivity contribution is 5.94. The molecule has 1 unspecified atom stereocenters. The average molecular weight is 420 g/mol. The standard InChI is InChI=1S/C24H29N5O2/c1-17-10-13-29(14-11-17)24(30)18-8-9-21(26-16-18)27-22(23-25-12-15-28(23)2)19-6-4-5-7-20(19)31-3/h4-9,12,15-17,22H,10-11,13-14H2,1-3H3,(H,26,27). The summed E-state index contributed by atoms with van der Waals surface area (Å²) in [5, 5.41) is 3.47. The van der Waals surface area contributed by atoms with E-state index in [0.29, 0.717) is 17.3 Å². The molecule has 1 saturated heterocycles. The molecule has 4 rings (SSSR count). The molecule has 1 amide bonds. The number of pyridine rings is 1. The zero-order valence-corrected chi connectivity index (χ0v) is 18.3. The van der Waals surface area contributed by atoms with Crippen LogP contribution < -0.4 is 10.1 Å². The number of carbonyl (C=O) groups is 1. The van der Waals surface area contributed by atoms with Crippen LogP contribution in [0.4, 0.5) is 5.82 Å². The number of imidazole rings is 1. The number of anilines is 1. The van der Waals surface area contributed by atoms with Crippen LogP contribution in [0.25, 0.3) is 0 Å². The van der Waals surface area contributed by atoms with E-state index in [4.69, 9.17) is 4.74 Å². The number of aromatic nitrogens is 3. The number of hydrogen-bond acceptors (Lipinski definition) is 5. The number of rotatable bonds is 6. The first kappa shape index (κ1) is 20.9. The third-order valence-electron chi connectivity index (χ3n) is 5.94. The van der Waals surface area contributed by atoms with Gasteiger partial charge >= 0.3 is 0 Å². The van der Waals surface area contributed by atoms with E-state index >= 15 is 0 Å². The molecule has 7 nitrogen and oxygen atoms in total. The van der Waals surface area contributed by atoms with Gasteiger partial charge in [-0.15, -0.1) is 0 Å². The number of nitrogens with zero attached hydrogens (tertiary/aromatic N) is 4. The van der Waals surface area contributed by atoms with Gasteiger partial charge in [-0.25, -0.2) is 9.97 Å². The molecule has 0 saturated carbocycles. The Hall–Kier alpha value is -3.35. The number of nitrogens with one attached hydrogen (secondary N) is 1. The fourth-order valence-corrected chi connectivity index (χ4v) is 3.99. The summed E-state index contributed by atoms with van der Waals surface area (Å²) in [5.41, 5.74) is 1.58. The van der Waals surface area contributed by atoms with Crippen LogP contribution in [0.2, 0.25) is 0 Å². The molecule has 1 N–H and O–H groups in total. The second-order valence-electron chi connectivity index (χ2n) is 8.12. The normalized spacial score (nSPS) is 15.5. The summed E-state index contributed by atoms with van der Waals surface area (Å²) in [5.74, 6) is 3.02. The van der Waals surface area contributed by atoms with E-state index in [0.717, 1.165) is 43.1 Å². The molecule has 1 aromatic carbocycles. The summed E-state index contributed by atoms with van der Waals surface area (Å²) in [6.45, 7) is 3.87. The van der Waals surface area contributed by atoms with Crippen molar-refractivity contribution in [1.29, 1.82) is 0 Å². The minimum absolute atomic E-state index is 0.0522. The number of likely N-dealkylation sites (tertiary alicyclic amines) is 1. The maximum Gasteiger partial charge on any atom is 0.255 e. The zero-order chi connectivity index (χ0) is 21.8. The molecule has 2 aromatic heterocycles. The van der Waals surface area contributed by atoms with Crippen molar-refractivity contribution in [3.63, 3.8) is 0 Å². The van der Waals surface area contributed by atoms with Gasteiger partial charge in [0.05, 0.1) is 12.7 Å². The van der Waals surface area contributed by atoms with E-state index in [1.165, 1.54) is 0 Å². The number of ether oxygens (including phenoxy) is 1. The van der Waals surface area contributed by atoms with E-state index < -0.39 is 0 Å². The smallest absolute Gasteiger partial charge is 0.255 e. The first-order chi connectivity index (χ1) is 15.1. The maximum absolute atomic E-state index is 12.8. The van der Waals surface area contributed by atoms with Crippen molar-refractivity contribution in [2.24, 2.45) is 13.0 Å². The number of aryl methyl sites for hydroxylation is 1. The van der Waals surface area contributed by atoms with E-state index in [-0.39, 0.29) is 11.9 Å². The topological polar surface area (TPSA) is 72.3 Å². The van der Waals surface area contributed by atoms with Gasteiger partial charge in [-0.05, 0) is 37.0 Å². The maximum atomic E-state index is 12.8. The predicted octanol–water partition coefficient (Wildman–Crippen LogP) is 3.90. The van der Waals surface area contributed by atoms with Crippen LogP contribution in [0.3, 0.4) is 0 Å². The van der Waals surface area contributed by atoms with Gasteiger partial charge in [0.2, 0.25) is 0 Å². The highest BCUT2D eigenvalue weighted by atomic mass is 16.5. The lowest BCUT2D eigenvalue weighted by molar-refractivity contribution is 0.0697. The van der Waals surface area contributed by atoms with E-state index in [1.54, 1.807) is 19.5 Å². The quantitative estimate of drug-likeness (QED) is 0.656. The van der Waals surface area contributed by atoms with Gasteiger partial charge in [0.15, 0.2) is 0 Å². The van der Waals surface area contributed by atoms with Crippen molar-refractivity contribution in [3.8, 4) is 5.75 Å². The molecule has 1 aliphatic heterocycles. The minimum atomic E-state index is -0.256. The lowest BCUT2D eigenvalue weighted by atomic mass is 9.99. The van der Waals surface area contributed by atoms with E-state index in [1.807, 2.05) is 59.1 Å². The van der Waals surface area contributed by atoms with Crippen LogP contribution in [0.15, 0.2) is 55.0 Å². The molecule has 0 aliphatic carbocycles. The Balaban J connectivity index is 1.56. The van der Waals surface area contributed by atoms with Crippen LogP contribution in [0.1, 0.15) is 47.6 Å². The molecule has 3 aromatic rings. The second-order valence-corrected chi connectivity index (χ2v) is 8.12. The zero-order valence-electron chi connectivity index (χ0n) is 18.3. The molecule has 1 aliphatic rings. The fraction of sp³-hybridized carbons (Fsp3) is 0.375. The van der Waals surface area contributed by atoms with Crippen LogP contribution in [0.5, 0.6) is 5.75 Å². The predicted molar refractivity (Wildman–Crippen MR) is 120 cm³/mol. The SMILES string of the molecule is COc1ccccc1C(Nc1ccc(C(=O)N2CCC(C)CC2)cn1)c1nccn1C. The highest BCUT2D eigenvalue weighted by Gasteiger charge is 2.24. The Morgan fingerprint density at radius 3 is 2.58 bits per heavy atom. The number of para-hydroxylation sites is 1. The average Bonchev–Trinajstić information content (AvgIpc) is 3.23. The highest BCUT2D eigenvalue weighted by Crippen LogP contribution is 2.31. The molecule has 7 heteroatoms. The Morgan fingerprint density at radius 2 is 1.94 bits per heavy atom. The van der Waals surface area contributed by atoms with E-state index in [9.17, 15) is 4.79 Å². The summed E-state index contributed by atoms with van der Waals surface area (Å²) < 4.78 is 7.55. The van der Waals surface area contributed by atoms with Crippen molar-refractivity contribution in [1.82, 2.24) is 19.4 Å². The van der Waals surface area contributed by atoms with Crippen LogP contribution in [-0.2, 0) is 7.05 Å². The Labute approximate surface area is 183 Å². The van der Waals surface area contributed by atoms with Gasteiger partial charge in [0.25, 0.3) is 5.91 Å². The summed E-state index contributed by atoms with van der Waals surface area (Å²) in [7, 11) is 3.62. The van der Waals surface area contributed by atoms with Crippen molar-refractivity contribution in [3.05, 3.63) is 71.9 Å². The summed E-state index contributed by atoms with van der Waals surface area (Å²) >= 11 is 0. The number of amides is 1. The Kier molecular flexibility index (Phi) is 6.21. The first-order valence-corrected chi connectivity index (χ1v) is 10.7. The van der Waals surface area contributed by atoms with Gasteiger partial charge in [0.1, 0.15) is 23.4 Å². The number of carbonyl (C=O) groups excluding carboxylic acids is 1. The largest absolute Gasteiger partial charge is 0.496 e. The third kappa shape index (κ3) is 4.55. The lowest BCUT2D eigenvalue weighted by Gasteiger charge is -2.30. The molecule has 162 valence electrons. The van der Waals surface area contributed by atoms with Gasteiger partial charge in [-0.1, -0.05) is 25.1 Å². The van der Waals surface area contributed by atoms with Crippen molar-refractivity contribution in [2.45, 2.75) is 25.8 Å². The van der Waals surface area contributed by atoms with E-state index in [2.05, 4.69) is 22.2 Å². The minimum Gasteiger partial charge on any atom is -0.496 e. The first-order valence-electron chi connectivity index (χ1n) is 10.7. The third-order valence-corrected chi connectivity index (χ3v) is 5.94. The number of hydrogen-bond donors (Lipinski definition) is 1. The summed E-state index contributed by atoms with van der Waals surface area (Å²) in [6.07, 6.45) is 7.45. The van der Waals surface area contributed by atoms with Crippen LogP contribution in [-0.4, -0.2) is 45.5 Å². The van der Waals surface area contributed by atoms with Crippen LogP contribution >= 0.6 is 0 Å². The van der Waals surface area contributed by atoms with Crippen molar-refractivity contribution >= 4 is 11.7 Å². The van der Waals surface area contributed by atoms with Gasteiger partial charge < -0.3 is 19.5 Å². The Bertz CT molecular complexity index is 1020. The molecule has 31 heavy (non-hydrogen) atoms. The number of piperidine rings is 1. The van der Waals surface area contributed by atoms with Gasteiger partial charge in [-0.3, -0.25) is 4.79 Å². The van der Waals surface area contributed by atoms with Crippen LogP contribution in [0, 0.1) is 5.92 Å². The molecular formula is C24H29N5O2. The lowest BCUT2D eigenvalue weighted by Crippen LogP contribution is -2.37. The van der Waals surface area contributed by atoms with Crippen molar-refractivity contribution in [2.75, 3.05) is 25.5 Å². The summed E-state index contributed by atoms with van der Waals surface area (Å²) in [4.78, 5) is 23.8. The molecule has 0 radical (unpaired) electrons. The Morgan fingerprint density at radius 1 is 1.16 bits per heavy atom. The second kappa shape index (κ2) is 9.20. The monoisotopic (exact) mass is 419 g/mol. The van der Waals surface area contributed by atoms with Gasteiger partial charge in [0, 0.05) is 44.3 Å². The van der Waals surface area contributed by atoms with Crippen molar-refractivity contribution < 1.29 is 9.53 Å². The molecule has 0 bridgehead atoms. The molecule has 1 atom stereocenters. The fourth-order valence-electron chi connectivity index (χ4n) is 3.99. The summed E-state index contributed by atoms with van der Waals surface area (Å²) in [6, 6.07) is 11.3. The number of methoxy groups -OCH3 is 1. The molecular weight excluding hydrogens is 390 g/mol.